The van der Waals surface area contributed by atoms with E-state index in [0.717, 1.165) is 43.2 Å². The Bertz CT molecular complexity index is 623. The van der Waals surface area contributed by atoms with Crippen molar-refractivity contribution in [2.75, 3.05) is 40.3 Å². The third-order valence-corrected chi connectivity index (χ3v) is 4.52. The lowest BCUT2D eigenvalue weighted by atomic mass is 9.94. The van der Waals surface area contributed by atoms with Crippen LogP contribution in [-0.4, -0.2) is 67.4 Å². The Morgan fingerprint density at radius 2 is 1.96 bits per heavy atom. The summed E-state index contributed by atoms with van der Waals surface area (Å²) in [6.07, 6.45) is 0.457. The average Bonchev–Trinajstić information content (AvgIpc) is 2.98. The van der Waals surface area contributed by atoms with Crippen molar-refractivity contribution in [1.82, 2.24) is 9.80 Å². The monoisotopic (exact) mass is 317 g/mol. The molecule has 0 aliphatic carbocycles. The van der Waals surface area contributed by atoms with Gasteiger partial charge >= 0.3 is 0 Å². The third kappa shape index (κ3) is 3.03. The second-order valence-corrected chi connectivity index (χ2v) is 6.33. The van der Waals surface area contributed by atoms with Crippen LogP contribution < -0.4 is 4.74 Å². The zero-order valence-corrected chi connectivity index (χ0v) is 13.9. The fraction of sp³-hybridized carbons (Fsp3) is 0.529. The molecule has 1 fully saturated rings. The molecule has 0 saturated carbocycles. The lowest BCUT2D eigenvalue weighted by molar-refractivity contribution is -0.154. The fourth-order valence-corrected chi connectivity index (χ4v) is 3.03. The summed E-state index contributed by atoms with van der Waals surface area (Å²) >= 11 is 0. The molecule has 2 aliphatic rings. The molecule has 1 saturated heterocycles. The predicted octanol–water partition coefficient (Wildman–Crippen LogP) is 1.35. The number of carbonyl (C=O) groups excluding carboxylic acids is 1. The van der Waals surface area contributed by atoms with Gasteiger partial charge in [0.25, 0.3) is 5.91 Å². The minimum atomic E-state index is -0.925. The van der Waals surface area contributed by atoms with Gasteiger partial charge < -0.3 is 19.4 Å². The summed E-state index contributed by atoms with van der Waals surface area (Å²) < 4.78 is 5.38. The first-order valence-corrected chi connectivity index (χ1v) is 7.90. The zero-order valence-electron chi connectivity index (χ0n) is 13.9. The number of nitrogens with zero attached hydrogens (tertiary/aromatic N) is 3. The van der Waals surface area contributed by atoms with E-state index in [1.165, 1.54) is 0 Å². The van der Waals surface area contributed by atoms with E-state index in [1.54, 1.807) is 7.11 Å². The lowest BCUT2D eigenvalue weighted by Crippen LogP contribution is -2.54. The van der Waals surface area contributed by atoms with Gasteiger partial charge in [0.2, 0.25) is 5.60 Å². The summed E-state index contributed by atoms with van der Waals surface area (Å²) in [5.74, 6) is 0.755. The Hall–Kier alpha value is -2.08. The van der Waals surface area contributed by atoms with E-state index in [1.807, 2.05) is 36.1 Å². The number of piperazine rings is 1. The molecule has 0 N–H and O–H groups in total. The molecule has 6 heteroatoms. The first kappa shape index (κ1) is 15.8. The second kappa shape index (κ2) is 6.20. The van der Waals surface area contributed by atoms with Gasteiger partial charge in [0.1, 0.15) is 5.75 Å². The van der Waals surface area contributed by atoms with E-state index in [2.05, 4.69) is 17.1 Å². The van der Waals surface area contributed by atoms with Crippen molar-refractivity contribution in [3.63, 3.8) is 0 Å². The highest BCUT2D eigenvalue weighted by molar-refractivity contribution is 6.07. The van der Waals surface area contributed by atoms with Gasteiger partial charge in [-0.1, -0.05) is 17.3 Å². The fourth-order valence-electron chi connectivity index (χ4n) is 3.03. The minimum Gasteiger partial charge on any atom is -0.496 e. The Balaban J connectivity index is 1.73. The topological polar surface area (TPSA) is 54.4 Å². The van der Waals surface area contributed by atoms with Crippen molar-refractivity contribution in [3.05, 3.63) is 29.8 Å². The highest BCUT2D eigenvalue weighted by atomic mass is 16.7. The highest BCUT2D eigenvalue weighted by Crippen LogP contribution is 2.31. The number of carbonyl (C=O) groups is 1. The lowest BCUT2D eigenvalue weighted by Gasteiger charge is -2.36. The molecule has 6 nitrogen and oxygen atoms in total. The van der Waals surface area contributed by atoms with Crippen LogP contribution in [-0.2, 0) is 9.63 Å². The van der Waals surface area contributed by atoms with Crippen LogP contribution in [0.1, 0.15) is 18.9 Å². The molecular weight excluding hydrogens is 294 g/mol. The molecule has 0 bridgehead atoms. The van der Waals surface area contributed by atoms with Gasteiger partial charge in [0.15, 0.2) is 0 Å². The van der Waals surface area contributed by atoms with Gasteiger partial charge in [-0.2, -0.15) is 0 Å². The smallest absolute Gasteiger partial charge is 0.269 e. The van der Waals surface area contributed by atoms with E-state index >= 15 is 0 Å². The SMILES string of the molecule is COc1ccccc1C1=NO[C@](C)(C(=O)N2CCN(C)CC2)C1. The summed E-state index contributed by atoms with van der Waals surface area (Å²) in [4.78, 5) is 22.5. The molecule has 3 rings (SSSR count). The number of hydrogen-bond donors (Lipinski definition) is 0. The normalized spacial score (nSPS) is 25.0. The molecule has 23 heavy (non-hydrogen) atoms. The predicted molar refractivity (Wildman–Crippen MR) is 87.7 cm³/mol. The van der Waals surface area contributed by atoms with Crippen molar-refractivity contribution < 1.29 is 14.4 Å². The molecule has 0 unspecified atom stereocenters. The average molecular weight is 317 g/mol. The van der Waals surface area contributed by atoms with Crippen LogP contribution in [0.4, 0.5) is 0 Å². The van der Waals surface area contributed by atoms with Gasteiger partial charge in [0, 0.05) is 38.2 Å². The van der Waals surface area contributed by atoms with Crippen molar-refractivity contribution in [3.8, 4) is 5.75 Å². The van der Waals surface area contributed by atoms with Gasteiger partial charge in [-0.15, -0.1) is 0 Å². The summed E-state index contributed by atoms with van der Waals surface area (Å²) in [5, 5.41) is 4.18. The minimum absolute atomic E-state index is 0.0132. The summed E-state index contributed by atoms with van der Waals surface area (Å²) in [6, 6.07) is 7.66. The first-order valence-electron chi connectivity index (χ1n) is 7.90. The highest BCUT2D eigenvalue weighted by Gasteiger charge is 2.45. The standard InChI is InChI=1S/C17H23N3O3/c1-17(16(21)20-10-8-19(2)9-11-20)12-14(18-23-17)13-6-4-5-7-15(13)22-3/h4-7H,8-12H2,1-3H3/t17-/m0/s1. The number of likely N-dealkylation sites (N-methyl/N-ethyl adjacent to an activating group) is 1. The maximum atomic E-state index is 12.8. The Morgan fingerprint density at radius 1 is 1.26 bits per heavy atom. The molecule has 0 spiro atoms. The Kier molecular flexibility index (Phi) is 4.26. The number of oxime groups is 1. The number of amides is 1. The number of para-hydroxylation sites is 1. The molecule has 1 aromatic rings. The summed E-state index contributed by atoms with van der Waals surface area (Å²) in [6.45, 7) is 5.07. The van der Waals surface area contributed by atoms with E-state index < -0.39 is 5.60 Å². The van der Waals surface area contributed by atoms with E-state index in [-0.39, 0.29) is 5.91 Å². The molecule has 2 heterocycles. The molecule has 1 amide bonds. The number of benzene rings is 1. The van der Waals surface area contributed by atoms with Crippen molar-refractivity contribution in [2.45, 2.75) is 18.9 Å². The van der Waals surface area contributed by atoms with E-state index in [9.17, 15) is 4.79 Å². The summed E-state index contributed by atoms with van der Waals surface area (Å²) in [7, 11) is 3.70. The molecule has 124 valence electrons. The molecular formula is C17H23N3O3. The Morgan fingerprint density at radius 3 is 2.65 bits per heavy atom. The summed E-state index contributed by atoms with van der Waals surface area (Å²) in [5.41, 5.74) is 0.712. The number of ether oxygens (including phenoxy) is 1. The van der Waals surface area contributed by atoms with Crippen LogP contribution in [0.25, 0.3) is 0 Å². The molecule has 0 aromatic heterocycles. The van der Waals surface area contributed by atoms with Gasteiger partial charge in [-0.25, -0.2) is 0 Å². The van der Waals surface area contributed by atoms with Crippen molar-refractivity contribution >= 4 is 11.6 Å². The second-order valence-electron chi connectivity index (χ2n) is 6.33. The van der Waals surface area contributed by atoms with Crippen LogP contribution in [0.3, 0.4) is 0 Å². The maximum Gasteiger partial charge on any atom is 0.269 e. The van der Waals surface area contributed by atoms with Crippen molar-refractivity contribution in [2.24, 2.45) is 5.16 Å². The molecule has 1 atom stereocenters. The van der Waals surface area contributed by atoms with Gasteiger partial charge in [-0.3, -0.25) is 4.79 Å². The van der Waals surface area contributed by atoms with E-state index in [4.69, 9.17) is 9.57 Å². The van der Waals surface area contributed by atoms with E-state index in [0.29, 0.717) is 6.42 Å². The third-order valence-electron chi connectivity index (χ3n) is 4.52. The Labute approximate surface area is 136 Å². The van der Waals surface area contributed by atoms with Crippen LogP contribution in [0, 0.1) is 0 Å². The van der Waals surface area contributed by atoms with Gasteiger partial charge in [0.05, 0.1) is 12.8 Å². The molecule has 1 aromatic carbocycles. The van der Waals surface area contributed by atoms with Gasteiger partial charge in [-0.05, 0) is 26.1 Å². The number of methoxy groups -OCH3 is 1. The number of rotatable bonds is 3. The molecule has 2 aliphatic heterocycles. The van der Waals surface area contributed by atoms with Crippen LogP contribution in [0.2, 0.25) is 0 Å². The quantitative estimate of drug-likeness (QED) is 0.844. The van der Waals surface area contributed by atoms with Crippen molar-refractivity contribution in [1.29, 1.82) is 0 Å². The molecule has 0 radical (unpaired) electrons. The van der Waals surface area contributed by atoms with Crippen LogP contribution in [0.15, 0.2) is 29.4 Å². The zero-order chi connectivity index (χ0) is 16.4. The number of hydrogen-bond acceptors (Lipinski definition) is 5. The van der Waals surface area contributed by atoms with Crippen LogP contribution >= 0.6 is 0 Å². The maximum absolute atomic E-state index is 12.8. The van der Waals surface area contributed by atoms with Crippen LogP contribution in [0.5, 0.6) is 5.75 Å². The largest absolute Gasteiger partial charge is 0.496 e. The first-order chi connectivity index (χ1) is 11.0.